The fourth-order valence-corrected chi connectivity index (χ4v) is 5.39. The lowest BCUT2D eigenvalue weighted by molar-refractivity contribution is -0.121. The summed E-state index contributed by atoms with van der Waals surface area (Å²) in [6.07, 6.45) is 20.7. The Balaban J connectivity index is 1.50. The number of amides is 1. The molecule has 1 aromatic carbocycles. The largest absolute Gasteiger partial charge is 0.355 e. The third kappa shape index (κ3) is 12.0. The van der Waals surface area contributed by atoms with Crippen molar-refractivity contribution in [1.82, 2.24) is 24.8 Å². The fourth-order valence-electron chi connectivity index (χ4n) is 4.47. The third-order valence-corrected chi connectivity index (χ3v) is 7.80. The van der Waals surface area contributed by atoms with Crippen molar-refractivity contribution in [2.45, 2.75) is 101 Å². The first-order chi connectivity index (χ1) is 19.5. The molecule has 0 aliphatic rings. The first kappa shape index (κ1) is 31.5. The van der Waals surface area contributed by atoms with E-state index in [0.29, 0.717) is 29.4 Å². The second kappa shape index (κ2) is 18.3. The average molecular weight is 568 g/mol. The van der Waals surface area contributed by atoms with E-state index in [9.17, 15) is 14.0 Å². The van der Waals surface area contributed by atoms with Gasteiger partial charge >= 0.3 is 0 Å². The second-order valence-electron chi connectivity index (χ2n) is 10.2. The van der Waals surface area contributed by atoms with Crippen molar-refractivity contribution < 1.29 is 9.18 Å². The van der Waals surface area contributed by atoms with Crippen LogP contribution < -0.4 is 10.9 Å². The summed E-state index contributed by atoms with van der Waals surface area (Å²) in [6.45, 7) is 2.95. The zero-order chi connectivity index (χ0) is 28.4. The minimum atomic E-state index is -0.344. The van der Waals surface area contributed by atoms with Crippen molar-refractivity contribution in [3.05, 3.63) is 82.0 Å². The highest BCUT2D eigenvalue weighted by Gasteiger charge is 2.13. The summed E-state index contributed by atoms with van der Waals surface area (Å²) < 4.78 is 15.0. The molecule has 0 atom stereocenters. The summed E-state index contributed by atoms with van der Waals surface area (Å²) in [7, 11) is 0. The van der Waals surface area contributed by atoms with Crippen LogP contribution >= 0.6 is 11.8 Å². The average Bonchev–Trinajstić information content (AvgIpc) is 2.96. The number of benzene rings is 1. The summed E-state index contributed by atoms with van der Waals surface area (Å²) in [5.41, 5.74) is 1.82. The molecule has 3 aromatic rings. The lowest BCUT2D eigenvalue weighted by Gasteiger charge is -2.14. The second-order valence-corrected chi connectivity index (χ2v) is 11.1. The molecule has 0 fully saturated rings. The summed E-state index contributed by atoms with van der Waals surface area (Å²) in [5, 5.41) is 3.47. The molecule has 0 bridgehead atoms. The van der Waals surface area contributed by atoms with Gasteiger partial charge in [0.1, 0.15) is 18.7 Å². The van der Waals surface area contributed by atoms with Gasteiger partial charge in [0.2, 0.25) is 5.91 Å². The molecule has 2 aromatic heterocycles. The first-order valence-electron chi connectivity index (χ1n) is 14.5. The van der Waals surface area contributed by atoms with Gasteiger partial charge in [-0.1, -0.05) is 95.0 Å². The standard InChI is InChI=1S/C31H42FN5O2S/c1-2-3-4-5-6-7-8-9-10-11-12-17-35-29(38)22-37-21-27(18-26-19-33-24-34-20-26)30(39)36-31(37)40-23-25-13-15-28(32)16-14-25/h13-16,19-21,24H,2-12,17-18,22-23H2,1H3,(H,35,38). The molecule has 1 N–H and O–H groups in total. The molecule has 0 saturated carbocycles. The van der Waals surface area contributed by atoms with Crippen LogP contribution in [0.1, 0.15) is 94.2 Å². The molecule has 0 unspecified atom stereocenters. The predicted octanol–water partition coefficient (Wildman–Crippen LogP) is 6.48. The van der Waals surface area contributed by atoms with Crippen LogP contribution in [0.15, 0.2) is 59.1 Å². The molecule has 0 aliphatic carbocycles. The van der Waals surface area contributed by atoms with Gasteiger partial charge in [-0.2, -0.15) is 4.98 Å². The normalized spacial score (nSPS) is 11.1. The molecule has 3 rings (SSSR count). The van der Waals surface area contributed by atoms with E-state index in [2.05, 4.69) is 27.2 Å². The highest BCUT2D eigenvalue weighted by molar-refractivity contribution is 7.98. The van der Waals surface area contributed by atoms with Crippen LogP contribution in [0.25, 0.3) is 0 Å². The Morgan fingerprint density at radius 3 is 2.17 bits per heavy atom. The third-order valence-electron chi connectivity index (χ3n) is 6.74. The van der Waals surface area contributed by atoms with E-state index in [4.69, 9.17) is 0 Å². The van der Waals surface area contributed by atoms with Gasteiger partial charge in [0.05, 0.1) is 0 Å². The van der Waals surface area contributed by atoms with Gasteiger partial charge in [-0.05, 0) is 29.7 Å². The smallest absolute Gasteiger partial charge is 0.277 e. The van der Waals surface area contributed by atoms with E-state index in [1.807, 2.05) is 0 Å². The number of aromatic nitrogens is 4. The van der Waals surface area contributed by atoms with Crippen LogP contribution in [0, 0.1) is 5.82 Å². The maximum Gasteiger partial charge on any atom is 0.277 e. The molecule has 7 nitrogen and oxygen atoms in total. The van der Waals surface area contributed by atoms with Crippen molar-refractivity contribution in [2.75, 3.05) is 6.54 Å². The Bertz CT molecular complexity index is 1200. The van der Waals surface area contributed by atoms with Crippen molar-refractivity contribution in [3.63, 3.8) is 0 Å². The van der Waals surface area contributed by atoms with Crippen LogP contribution in [-0.4, -0.2) is 32.0 Å². The SMILES string of the molecule is CCCCCCCCCCCCCNC(=O)Cn1cc(Cc2cncnc2)c(=O)nc1SCc1ccc(F)cc1. The maximum atomic E-state index is 13.3. The molecule has 1 amide bonds. The number of unbranched alkanes of at least 4 members (excludes halogenated alkanes) is 10. The Morgan fingerprint density at radius 1 is 0.900 bits per heavy atom. The molecular weight excluding hydrogens is 525 g/mol. The van der Waals surface area contributed by atoms with Crippen molar-refractivity contribution in [1.29, 1.82) is 0 Å². The Labute approximate surface area is 241 Å². The highest BCUT2D eigenvalue weighted by Crippen LogP contribution is 2.21. The van der Waals surface area contributed by atoms with Gasteiger partial charge in [-0.15, -0.1) is 0 Å². The van der Waals surface area contributed by atoms with E-state index < -0.39 is 0 Å². The number of rotatable bonds is 19. The van der Waals surface area contributed by atoms with Crippen molar-refractivity contribution in [2.24, 2.45) is 0 Å². The molecule has 216 valence electrons. The van der Waals surface area contributed by atoms with E-state index >= 15 is 0 Å². The van der Waals surface area contributed by atoms with Crippen LogP contribution in [0.4, 0.5) is 4.39 Å². The quantitative estimate of drug-likeness (QED) is 0.101. The molecular formula is C31H42FN5O2S. The van der Waals surface area contributed by atoms with Crippen molar-refractivity contribution in [3.8, 4) is 0 Å². The van der Waals surface area contributed by atoms with Crippen LogP contribution in [0.2, 0.25) is 0 Å². The lowest BCUT2D eigenvalue weighted by atomic mass is 10.1. The van der Waals surface area contributed by atoms with Crippen LogP contribution in [-0.2, 0) is 23.5 Å². The topological polar surface area (TPSA) is 89.8 Å². The van der Waals surface area contributed by atoms with Gasteiger partial charge in [0.25, 0.3) is 5.56 Å². The van der Waals surface area contributed by atoms with Crippen LogP contribution in [0.5, 0.6) is 0 Å². The van der Waals surface area contributed by atoms with E-state index in [1.54, 1.807) is 35.3 Å². The Kier molecular flexibility index (Phi) is 14.4. The minimum absolute atomic E-state index is 0.0648. The van der Waals surface area contributed by atoms with Crippen LogP contribution in [0.3, 0.4) is 0 Å². The summed E-state index contributed by atoms with van der Waals surface area (Å²) in [4.78, 5) is 37.9. The van der Waals surface area contributed by atoms with E-state index in [1.165, 1.54) is 88.0 Å². The fraction of sp³-hybridized carbons (Fsp3) is 0.516. The van der Waals surface area contributed by atoms with Gasteiger partial charge in [-0.3, -0.25) is 9.59 Å². The molecule has 2 heterocycles. The van der Waals surface area contributed by atoms with Gasteiger partial charge in [-0.25, -0.2) is 14.4 Å². The Hall–Kier alpha value is -3.07. The number of halogens is 1. The van der Waals surface area contributed by atoms with E-state index in [-0.39, 0.29) is 23.8 Å². The number of carbonyl (C=O) groups is 1. The summed E-state index contributed by atoms with van der Waals surface area (Å²) in [5.74, 6) is 0.0848. The number of carbonyl (C=O) groups excluding carboxylic acids is 1. The number of thioether (sulfide) groups is 1. The highest BCUT2D eigenvalue weighted by atomic mass is 32.2. The number of nitrogens with one attached hydrogen (secondary N) is 1. The zero-order valence-corrected chi connectivity index (χ0v) is 24.4. The molecule has 9 heteroatoms. The zero-order valence-electron chi connectivity index (χ0n) is 23.6. The summed E-state index contributed by atoms with van der Waals surface area (Å²) >= 11 is 1.35. The van der Waals surface area contributed by atoms with Gasteiger partial charge in [0.15, 0.2) is 5.16 Å². The van der Waals surface area contributed by atoms with Crippen molar-refractivity contribution >= 4 is 17.7 Å². The molecule has 0 spiro atoms. The Morgan fingerprint density at radius 2 is 1.52 bits per heavy atom. The lowest BCUT2D eigenvalue weighted by Crippen LogP contribution is -2.30. The number of nitrogens with zero attached hydrogens (tertiary/aromatic N) is 4. The van der Waals surface area contributed by atoms with E-state index in [0.717, 1.165) is 24.0 Å². The van der Waals surface area contributed by atoms with Gasteiger partial charge < -0.3 is 9.88 Å². The number of hydrogen-bond donors (Lipinski definition) is 1. The molecule has 0 saturated heterocycles. The first-order valence-corrected chi connectivity index (χ1v) is 15.5. The summed E-state index contributed by atoms with van der Waals surface area (Å²) in [6, 6.07) is 6.22. The van der Waals surface area contributed by atoms with Gasteiger partial charge in [0, 0.05) is 42.9 Å². The molecule has 0 aliphatic heterocycles. The minimum Gasteiger partial charge on any atom is -0.355 e. The molecule has 0 radical (unpaired) electrons. The molecule has 40 heavy (non-hydrogen) atoms. The predicted molar refractivity (Wildman–Crippen MR) is 159 cm³/mol. The number of hydrogen-bond acceptors (Lipinski definition) is 6. The maximum absolute atomic E-state index is 13.3. The monoisotopic (exact) mass is 567 g/mol.